The van der Waals surface area contributed by atoms with E-state index in [0.29, 0.717) is 11.5 Å². The van der Waals surface area contributed by atoms with Crippen molar-refractivity contribution < 1.29 is 4.79 Å². The van der Waals surface area contributed by atoms with Crippen LogP contribution >= 0.6 is 0 Å². The summed E-state index contributed by atoms with van der Waals surface area (Å²) in [6, 6.07) is 7.59. The van der Waals surface area contributed by atoms with Gasteiger partial charge < -0.3 is 5.32 Å². The zero-order chi connectivity index (χ0) is 12.3. The van der Waals surface area contributed by atoms with Gasteiger partial charge in [0.05, 0.1) is 0 Å². The second-order valence-electron chi connectivity index (χ2n) is 4.55. The van der Waals surface area contributed by atoms with Crippen LogP contribution in [0.25, 0.3) is 0 Å². The Balaban J connectivity index is 2.03. The minimum atomic E-state index is -0.0459. The molecule has 0 bridgehead atoms. The molecule has 2 heteroatoms. The summed E-state index contributed by atoms with van der Waals surface area (Å²) in [5, 5.41) is 2.91. The Labute approximate surface area is 102 Å². The minimum Gasteiger partial charge on any atom is -0.322 e. The maximum Gasteiger partial charge on any atom is 0.255 e. The molecule has 88 valence electrons. The highest BCUT2D eigenvalue weighted by Gasteiger charge is 2.08. The molecule has 1 aliphatic rings. The van der Waals surface area contributed by atoms with E-state index in [4.69, 9.17) is 0 Å². The summed E-state index contributed by atoms with van der Waals surface area (Å²) in [6.45, 7) is 4.17. The first kappa shape index (κ1) is 11.6. The zero-order valence-electron chi connectivity index (χ0n) is 10.2. The van der Waals surface area contributed by atoms with Crippen molar-refractivity contribution in [1.82, 2.24) is 5.32 Å². The summed E-state index contributed by atoms with van der Waals surface area (Å²) >= 11 is 0. The van der Waals surface area contributed by atoms with Gasteiger partial charge >= 0.3 is 0 Å². The molecule has 1 N–H and O–H groups in total. The molecule has 0 aromatic heterocycles. The first-order chi connectivity index (χ1) is 8.15. The molecule has 17 heavy (non-hydrogen) atoms. The maximum absolute atomic E-state index is 11.9. The zero-order valence-corrected chi connectivity index (χ0v) is 10.2. The van der Waals surface area contributed by atoms with Crippen LogP contribution in [0.2, 0.25) is 0 Å². The predicted octanol–water partition coefficient (Wildman–Crippen LogP) is 3.20. The van der Waals surface area contributed by atoms with Crippen molar-refractivity contribution in [3.8, 4) is 0 Å². The van der Waals surface area contributed by atoms with Gasteiger partial charge in [0.15, 0.2) is 0 Å². The lowest BCUT2D eigenvalue weighted by Crippen LogP contribution is -2.22. The number of amides is 1. The molecule has 1 unspecified atom stereocenters. The summed E-state index contributed by atoms with van der Waals surface area (Å²) in [5.41, 5.74) is 2.75. The highest BCUT2D eigenvalue weighted by atomic mass is 16.1. The van der Waals surface area contributed by atoms with Gasteiger partial charge in [-0.25, -0.2) is 0 Å². The van der Waals surface area contributed by atoms with Gasteiger partial charge in [-0.15, -0.1) is 0 Å². The summed E-state index contributed by atoms with van der Waals surface area (Å²) < 4.78 is 0. The van der Waals surface area contributed by atoms with Gasteiger partial charge in [-0.05, 0) is 37.5 Å². The van der Waals surface area contributed by atoms with E-state index in [1.54, 1.807) is 0 Å². The molecule has 0 saturated heterocycles. The molecule has 1 amide bonds. The maximum atomic E-state index is 11.9. The summed E-state index contributed by atoms with van der Waals surface area (Å²) in [7, 11) is 0. The number of nitrogens with one attached hydrogen (secondary N) is 1. The van der Waals surface area contributed by atoms with E-state index in [1.165, 1.54) is 0 Å². The van der Waals surface area contributed by atoms with Crippen LogP contribution in [0.3, 0.4) is 0 Å². The lowest BCUT2D eigenvalue weighted by atomic mass is 10.0. The van der Waals surface area contributed by atoms with E-state index in [2.05, 4.69) is 24.4 Å². The third-order valence-electron chi connectivity index (χ3n) is 2.89. The molecule has 2 nitrogen and oxygen atoms in total. The molecule has 0 spiro atoms. The van der Waals surface area contributed by atoms with Gasteiger partial charge in [-0.1, -0.05) is 36.8 Å². The quantitative estimate of drug-likeness (QED) is 0.826. The van der Waals surface area contributed by atoms with E-state index >= 15 is 0 Å². The number of carbonyl (C=O) groups is 1. The second kappa shape index (κ2) is 5.00. The van der Waals surface area contributed by atoms with Crippen molar-refractivity contribution in [1.29, 1.82) is 0 Å². The highest BCUT2D eigenvalue weighted by molar-refractivity contribution is 5.95. The standard InChI is InChI=1S/C15H17NO/c1-11-3-7-13(8-4-11)15(17)16-14-9-5-12(2)6-10-14/h3-5,7-10,12H,6H2,1-2H3,(H,16,17). The fourth-order valence-electron chi connectivity index (χ4n) is 1.73. The Kier molecular flexibility index (Phi) is 3.43. The summed E-state index contributed by atoms with van der Waals surface area (Å²) in [6.07, 6.45) is 7.14. The van der Waals surface area contributed by atoms with E-state index in [-0.39, 0.29) is 5.91 Å². The van der Waals surface area contributed by atoms with Crippen LogP contribution in [-0.2, 0) is 0 Å². The van der Waals surface area contributed by atoms with Crippen LogP contribution in [0.15, 0.2) is 48.2 Å². The fourth-order valence-corrected chi connectivity index (χ4v) is 1.73. The number of benzene rings is 1. The third kappa shape index (κ3) is 3.06. The summed E-state index contributed by atoms with van der Waals surface area (Å²) in [5.74, 6) is 0.519. The molecule has 2 rings (SSSR count). The first-order valence-corrected chi connectivity index (χ1v) is 5.91. The third-order valence-corrected chi connectivity index (χ3v) is 2.89. The van der Waals surface area contributed by atoms with Gasteiger partial charge in [0.25, 0.3) is 5.91 Å². The molecule has 0 aliphatic heterocycles. The van der Waals surface area contributed by atoms with Crippen LogP contribution in [0.4, 0.5) is 0 Å². The van der Waals surface area contributed by atoms with E-state index < -0.39 is 0 Å². The summed E-state index contributed by atoms with van der Waals surface area (Å²) in [4.78, 5) is 11.9. The molecule has 0 fully saturated rings. The Morgan fingerprint density at radius 3 is 2.59 bits per heavy atom. The first-order valence-electron chi connectivity index (χ1n) is 5.91. The largest absolute Gasteiger partial charge is 0.322 e. The average molecular weight is 227 g/mol. The van der Waals surface area contributed by atoms with E-state index in [1.807, 2.05) is 37.3 Å². The molecule has 1 aromatic rings. The molecule has 0 saturated carbocycles. The normalized spacial score (nSPS) is 18.7. The monoisotopic (exact) mass is 227 g/mol. The van der Waals surface area contributed by atoms with Crippen LogP contribution in [0.1, 0.15) is 29.3 Å². The minimum absolute atomic E-state index is 0.0459. The van der Waals surface area contributed by atoms with Crippen LogP contribution in [0.5, 0.6) is 0 Å². The van der Waals surface area contributed by atoms with Gasteiger partial charge in [-0.3, -0.25) is 4.79 Å². The smallest absolute Gasteiger partial charge is 0.255 e. The van der Waals surface area contributed by atoms with E-state index in [9.17, 15) is 4.79 Å². The number of hydrogen-bond donors (Lipinski definition) is 1. The number of allylic oxidation sites excluding steroid dienone is 3. The Morgan fingerprint density at radius 1 is 1.29 bits per heavy atom. The van der Waals surface area contributed by atoms with Crippen molar-refractivity contribution in [3.05, 3.63) is 59.3 Å². The van der Waals surface area contributed by atoms with Gasteiger partial charge in [0, 0.05) is 11.3 Å². The van der Waals surface area contributed by atoms with Crippen molar-refractivity contribution in [2.45, 2.75) is 20.3 Å². The molecule has 1 aliphatic carbocycles. The van der Waals surface area contributed by atoms with Crippen molar-refractivity contribution >= 4 is 5.91 Å². The Hall–Kier alpha value is -1.83. The van der Waals surface area contributed by atoms with E-state index in [0.717, 1.165) is 17.7 Å². The number of carbonyl (C=O) groups excluding carboxylic acids is 1. The molecule has 0 heterocycles. The van der Waals surface area contributed by atoms with Crippen molar-refractivity contribution in [2.24, 2.45) is 5.92 Å². The van der Waals surface area contributed by atoms with Crippen molar-refractivity contribution in [3.63, 3.8) is 0 Å². The molecule has 1 atom stereocenters. The van der Waals surface area contributed by atoms with Gasteiger partial charge in [0.2, 0.25) is 0 Å². The van der Waals surface area contributed by atoms with Gasteiger partial charge in [0.1, 0.15) is 0 Å². The predicted molar refractivity (Wildman–Crippen MR) is 69.6 cm³/mol. The number of hydrogen-bond acceptors (Lipinski definition) is 1. The number of aryl methyl sites for hydroxylation is 1. The Morgan fingerprint density at radius 2 is 2.00 bits per heavy atom. The van der Waals surface area contributed by atoms with Crippen LogP contribution in [0, 0.1) is 12.8 Å². The SMILES string of the molecule is Cc1ccc(C(=O)NC2=CCC(C)C=C2)cc1. The molecule has 0 radical (unpaired) electrons. The molecule has 1 aromatic carbocycles. The lowest BCUT2D eigenvalue weighted by Gasteiger charge is -2.12. The molecular weight excluding hydrogens is 210 g/mol. The number of rotatable bonds is 2. The highest BCUT2D eigenvalue weighted by Crippen LogP contribution is 2.14. The lowest BCUT2D eigenvalue weighted by molar-refractivity contribution is 0.0967. The second-order valence-corrected chi connectivity index (χ2v) is 4.55. The van der Waals surface area contributed by atoms with Gasteiger partial charge in [-0.2, -0.15) is 0 Å². The Bertz CT molecular complexity index is 468. The topological polar surface area (TPSA) is 29.1 Å². The van der Waals surface area contributed by atoms with Crippen LogP contribution in [-0.4, -0.2) is 5.91 Å². The average Bonchev–Trinajstić information content (AvgIpc) is 2.33. The van der Waals surface area contributed by atoms with Crippen LogP contribution < -0.4 is 5.32 Å². The van der Waals surface area contributed by atoms with Crippen molar-refractivity contribution in [2.75, 3.05) is 0 Å². The molecular formula is C15H17NO. The fraction of sp³-hybridized carbons (Fsp3) is 0.267.